The van der Waals surface area contributed by atoms with Crippen molar-refractivity contribution in [2.24, 2.45) is 5.10 Å². The van der Waals surface area contributed by atoms with Gasteiger partial charge < -0.3 is 4.57 Å². The van der Waals surface area contributed by atoms with Gasteiger partial charge >= 0.3 is 0 Å². The third-order valence-corrected chi connectivity index (χ3v) is 4.77. The zero-order valence-corrected chi connectivity index (χ0v) is 15.3. The van der Waals surface area contributed by atoms with Gasteiger partial charge in [-0.15, -0.1) is 0 Å². The fourth-order valence-corrected chi connectivity index (χ4v) is 3.44. The predicted molar refractivity (Wildman–Crippen MR) is 105 cm³/mol. The van der Waals surface area contributed by atoms with Crippen LogP contribution in [0.2, 0.25) is 0 Å². The van der Waals surface area contributed by atoms with Crippen molar-refractivity contribution in [3.63, 3.8) is 0 Å². The minimum absolute atomic E-state index is 0.0680. The van der Waals surface area contributed by atoms with Crippen molar-refractivity contribution in [3.8, 4) is 0 Å². The second kappa shape index (κ2) is 8.45. The SMILES string of the molecule is CCn1c(SCC(=O)N/N=C\c2ccccc2[N+](=O)[O-])nc2ccccc21. The molecule has 8 nitrogen and oxygen atoms in total. The van der Waals surface area contributed by atoms with Gasteiger partial charge in [-0.2, -0.15) is 5.10 Å². The Hall–Kier alpha value is -3.20. The molecule has 1 N–H and O–H groups in total. The number of nitro benzene ring substituents is 1. The molecule has 27 heavy (non-hydrogen) atoms. The van der Waals surface area contributed by atoms with Crippen LogP contribution in [0.5, 0.6) is 0 Å². The van der Waals surface area contributed by atoms with Crippen LogP contribution in [-0.4, -0.2) is 32.3 Å². The number of imidazole rings is 1. The summed E-state index contributed by atoms with van der Waals surface area (Å²) < 4.78 is 2.05. The number of nitro groups is 1. The first kappa shape index (κ1) is 18.6. The van der Waals surface area contributed by atoms with Crippen molar-refractivity contribution in [1.82, 2.24) is 15.0 Å². The molecule has 0 bridgehead atoms. The van der Waals surface area contributed by atoms with Crippen LogP contribution in [0.25, 0.3) is 11.0 Å². The number of para-hydroxylation sites is 3. The fourth-order valence-electron chi connectivity index (χ4n) is 2.57. The smallest absolute Gasteiger partial charge is 0.278 e. The highest BCUT2D eigenvalue weighted by Gasteiger charge is 2.12. The van der Waals surface area contributed by atoms with Crippen LogP contribution in [-0.2, 0) is 11.3 Å². The second-order valence-corrected chi connectivity index (χ2v) is 6.47. The first-order chi connectivity index (χ1) is 13.1. The molecule has 0 saturated heterocycles. The van der Waals surface area contributed by atoms with E-state index in [2.05, 4.69) is 15.5 Å². The number of amides is 1. The first-order valence-electron chi connectivity index (χ1n) is 8.23. The number of aryl methyl sites for hydroxylation is 1. The van der Waals surface area contributed by atoms with Gasteiger partial charge in [0.05, 0.1) is 33.5 Å². The summed E-state index contributed by atoms with van der Waals surface area (Å²) in [5.74, 6) is -0.179. The Bertz CT molecular complexity index is 1020. The average Bonchev–Trinajstić information content (AvgIpc) is 3.04. The van der Waals surface area contributed by atoms with Gasteiger partial charge in [0.2, 0.25) is 0 Å². The molecule has 2 aromatic carbocycles. The Kier molecular flexibility index (Phi) is 5.82. The first-order valence-corrected chi connectivity index (χ1v) is 9.22. The summed E-state index contributed by atoms with van der Waals surface area (Å²) in [6, 6.07) is 14.0. The number of carbonyl (C=O) groups excluding carboxylic acids is 1. The number of nitrogens with one attached hydrogen (secondary N) is 1. The minimum atomic E-state index is -0.492. The average molecular weight is 383 g/mol. The Morgan fingerprint density at radius 2 is 2.04 bits per heavy atom. The lowest BCUT2D eigenvalue weighted by molar-refractivity contribution is -0.385. The van der Waals surface area contributed by atoms with E-state index < -0.39 is 4.92 Å². The maximum Gasteiger partial charge on any atom is 0.278 e. The van der Waals surface area contributed by atoms with Gasteiger partial charge in [0.1, 0.15) is 0 Å². The van der Waals surface area contributed by atoms with E-state index in [0.29, 0.717) is 5.56 Å². The maximum atomic E-state index is 12.0. The van der Waals surface area contributed by atoms with Crippen LogP contribution in [0.4, 0.5) is 5.69 Å². The molecule has 1 aromatic heterocycles. The molecular weight excluding hydrogens is 366 g/mol. The largest absolute Gasteiger partial charge is 0.319 e. The minimum Gasteiger partial charge on any atom is -0.319 e. The van der Waals surface area contributed by atoms with Gasteiger partial charge in [0, 0.05) is 12.6 Å². The van der Waals surface area contributed by atoms with Gasteiger partial charge in [-0.3, -0.25) is 14.9 Å². The molecule has 9 heteroatoms. The van der Waals surface area contributed by atoms with E-state index in [1.54, 1.807) is 18.2 Å². The molecule has 3 aromatic rings. The van der Waals surface area contributed by atoms with E-state index in [1.165, 1.54) is 24.0 Å². The number of carbonyl (C=O) groups is 1. The molecule has 1 heterocycles. The zero-order valence-electron chi connectivity index (χ0n) is 14.5. The van der Waals surface area contributed by atoms with E-state index >= 15 is 0 Å². The highest BCUT2D eigenvalue weighted by atomic mass is 32.2. The number of nitrogens with zero attached hydrogens (tertiary/aromatic N) is 4. The molecule has 0 unspecified atom stereocenters. The van der Waals surface area contributed by atoms with Gasteiger partial charge in [-0.05, 0) is 25.1 Å². The number of hydrogen-bond acceptors (Lipinski definition) is 6. The lowest BCUT2D eigenvalue weighted by Crippen LogP contribution is -2.20. The van der Waals surface area contributed by atoms with Crippen molar-refractivity contribution >= 4 is 40.6 Å². The lowest BCUT2D eigenvalue weighted by atomic mass is 10.2. The number of thioether (sulfide) groups is 1. The molecule has 0 aliphatic carbocycles. The molecule has 0 aliphatic rings. The molecule has 0 spiro atoms. The Morgan fingerprint density at radius 3 is 2.81 bits per heavy atom. The van der Waals surface area contributed by atoms with E-state index in [1.807, 2.05) is 35.8 Å². The highest BCUT2D eigenvalue weighted by molar-refractivity contribution is 7.99. The third kappa shape index (κ3) is 4.32. The van der Waals surface area contributed by atoms with Crippen molar-refractivity contribution in [1.29, 1.82) is 0 Å². The van der Waals surface area contributed by atoms with Crippen LogP contribution >= 0.6 is 11.8 Å². The quantitative estimate of drug-likeness (QED) is 0.292. The standard InChI is InChI=1S/C18H17N5O3S/c1-2-22-16-10-6-4-8-14(16)20-18(22)27-12-17(24)21-19-11-13-7-3-5-9-15(13)23(25)26/h3-11H,2,12H2,1H3,(H,21,24)/b19-11-. The van der Waals surface area contributed by atoms with Gasteiger partial charge in [0.25, 0.3) is 11.6 Å². The van der Waals surface area contributed by atoms with Crippen molar-refractivity contribution in [2.45, 2.75) is 18.6 Å². The summed E-state index contributed by atoms with van der Waals surface area (Å²) in [6.07, 6.45) is 1.27. The van der Waals surface area contributed by atoms with Crippen LogP contribution in [0.3, 0.4) is 0 Å². The molecular formula is C18H17N5O3S. The molecule has 0 saturated carbocycles. The molecule has 0 aliphatic heterocycles. The molecule has 1 amide bonds. The summed E-state index contributed by atoms with van der Waals surface area (Å²) in [6.45, 7) is 2.77. The summed E-state index contributed by atoms with van der Waals surface area (Å²) >= 11 is 1.32. The normalized spacial score (nSPS) is 11.1. The van der Waals surface area contributed by atoms with E-state index in [0.717, 1.165) is 22.7 Å². The zero-order chi connectivity index (χ0) is 19.2. The Morgan fingerprint density at radius 1 is 1.30 bits per heavy atom. The van der Waals surface area contributed by atoms with E-state index in [9.17, 15) is 14.9 Å². The third-order valence-electron chi connectivity index (χ3n) is 3.79. The van der Waals surface area contributed by atoms with Crippen molar-refractivity contribution in [3.05, 3.63) is 64.2 Å². The molecule has 0 radical (unpaired) electrons. The number of hydrogen-bond donors (Lipinski definition) is 1. The summed E-state index contributed by atoms with van der Waals surface area (Å²) in [5.41, 5.74) is 4.55. The van der Waals surface area contributed by atoms with Crippen LogP contribution in [0.15, 0.2) is 58.8 Å². The second-order valence-electron chi connectivity index (χ2n) is 5.53. The van der Waals surface area contributed by atoms with E-state index in [-0.39, 0.29) is 17.3 Å². The number of rotatable bonds is 7. The maximum absolute atomic E-state index is 12.0. The summed E-state index contributed by atoms with van der Waals surface area (Å²) in [5, 5.41) is 15.5. The number of aromatic nitrogens is 2. The molecule has 3 rings (SSSR count). The Balaban J connectivity index is 1.62. The number of benzene rings is 2. The molecule has 0 atom stereocenters. The van der Waals surface area contributed by atoms with Gasteiger partial charge in [-0.1, -0.05) is 36.0 Å². The molecule has 0 fully saturated rings. The summed E-state index contributed by atoms with van der Waals surface area (Å²) in [7, 11) is 0. The highest BCUT2D eigenvalue weighted by Crippen LogP contribution is 2.23. The lowest BCUT2D eigenvalue weighted by Gasteiger charge is -2.04. The summed E-state index contributed by atoms with van der Waals surface area (Å²) in [4.78, 5) is 27.0. The monoisotopic (exact) mass is 383 g/mol. The van der Waals surface area contributed by atoms with Gasteiger partial charge in [0.15, 0.2) is 5.16 Å². The van der Waals surface area contributed by atoms with Crippen LogP contribution in [0.1, 0.15) is 12.5 Å². The number of fused-ring (bicyclic) bond motifs is 1. The molecule has 138 valence electrons. The van der Waals surface area contributed by atoms with Crippen LogP contribution < -0.4 is 5.43 Å². The Labute approximate surface area is 159 Å². The van der Waals surface area contributed by atoms with Crippen LogP contribution in [0, 0.1) is 10.1 Å². The van der Waals surface area contributed by atoms with Crippen molar-refractivity contribution in [2.75, 3.05) is 5.75 Å². The van der Waals surface area contributed by atoms with E-state index in [4.69, 9.17) is 0 Å². The van der Waals surface area contributed by atoms with Gasteiger partial charge in [-0.25, -0.2) is 10.4 Å². The number of hydrazone groups is 1. The predicted octanol–water partition coefficient (Wildman–Crippen LogP) is 3.21. The fraction of sp³-hybridized carbons (Fsp3) is 0.167. The topological polar surface area (TPSA) is 102 Å². The van der Waals surface area contributed by atoms with Crippen molar-refractivity contribution < 1.29 is 9.72 Å².